The van der Waals surface area contributed by atoms with Crippen LogP contribution in [-0.2, 0) is 11.2 Å². The van der Waals surface area contributed by atoms with Gasteiger partial charge in [0.15, 0.2) is 0 Å². The molecule has 5 nitrogen and oxygen atoms in total. The number of rotatable bonds is 6. The normalized spacial score (nSPS) is 10.5. The van der Waals surface area contributed by atoms with Gasteiger partial charge in [0.1, 0.15) is 0 Å². The first-order chi connectivity index (χ1) is 11.1. The zero-order chi connectivity index (χ0) is 16.5. The first-order valence-corrected chi connectivity index (χ1v) is 7.38. The zero-order valence-corrected chi connectivity index (χ0v) is 13.0. The number of hydrogen-bond donors (Lipinski definition) is 2. The van der Waals surface area contributed by atoms with Gasteiger partial charge in [-0.25, -0.2) is 5.43 Å². The molecule has 2 amide bonds. The van der Waals surface area contributed by atoms with Crippen molar-refractivity contribution in [1.82, 2.24) is 5.43 Å². The first kappa shape index (κ1) is 16.4. The summed E-state index contributed by atoms with van der Waals surface area (Å²) in [5.74, 6) is -0.430. The van der Waals surface area contributed by atoms with Crippen molar-refractivity contribution < 1.29 is 9.59 Å². The van der Waals surface area contributed by atoms with Gasteiger partial charge in [-0.3, -0.25) is 9.59 Å². The van der Waals surface area contributed by atoms with Gasteiger partial charge in [0.2, 0.25) is 5.91 Å². The molecule has 5 heteroatoms. The van der Waals surface area contributed by atoms with Crippen LogP contribution >= 0.6 is 0 Å². The molecule has 23 heavy (non-hydrogen) atoms. The lowest BCUT2D eigenvalue weighted by Gasteiger charge is -2.03. The van der Waals surface area contributed by atoms with Gasteiger partial charge in [0.25, 0.3) is 5.91 Å². The number of aryl methyl sites for hydroxylation is 1. The number of nitrogens with one attached hydrogen (secondary N) is 2. The maximum atomic E-state index is 11.9. The molecule has 2 aromatic carbocycles. The Bertz CT molecular complexity index is 679. The highest BCUT2D eigenvalue weighted by molar-refractivity contribution is 5.95. The third-order valence-corrected chi connectivity index (χ3v) is 3.13. The van der Waals surface area contributed by atoms with Crippen molar-refractivity contribution in [3.63, 3.8) is 0 Å². The van der Waals surface area contributed by atoms with Gasteiger partial charge in [0, 0.05) is 24.4 Å². The smallest absolute Gasteiger partial charge is 0.271 e. The molecule has 0 unspecified atom stereocenters. The predicted octanol–water partition coefficient (Wildman–Crippen LogP) is 2.99. The predicted molar refractivity (Wildman–Crippen MR) is 91.5 cm³/mol. The maximum absolute atomic E-state index is 11.9. The quantitative estimate of drug-likeness (QED) is 0.636. The van der Waals surface area contributed by atoms with E-state index >= 15 is 0 Å². The van der Waals surface area contributed by atoms with Crippen LogP contribution < -0.4 is 10.7 Å². The molecule has 0 aliphatic heterocycles. The van der Waals surface area contributed by atoms with Gasteiger partial charge in [-0.1, -0.05) is 30.3 Å². The standard InChI is InChI=1S/C18H19N3O2/c1-14(22)20-17-11-9-16(10-12-17)18(23)21-19-13-5-8-15-6-3-2-4-7-15/h2-4,6-7,9-13H,5,8H2,1H3,(H,20,22)(H,21,23)/b19-13+. The number of hydrogen-bond acceptors (Lipinski definition) is 3. The molecule has 0 aromatic heterocycles. The lowest BCUT2D eigenvalue weighted by atomic mass is 10.1. The Labute approximate surface area is 135 Å². The second-order valence-electron chi connectivity index (χ2n) is 5.04. The fraction of sp³-hybridized carbons (Fsp3) is 0.167. The van der Waals surface area contributed by atoms with Crippen LogP contribution in [0.5, 0.6) is 0 Å². The molecule has 0 radical (unpaired) electrons. The van der Waals surface area contributed by atoms with E-state index in [0.29, 0.717) is 11.3 Å². The molecule has 2 aromatic rings. The van der Waals surface area contributed by atoms with Gasteiger partial charge in [-0.05, 0) is 42.7 Å². The van der Waals surface area contributed by atoms with Crippen molar-refractivity contribution in [2.24, 2.45) is 5.10 Å². The van der Waals surface area contributed by atoms with Crippen molar-refractivity contribution in [2.75, 3.05) is 5.32 Å². The lowest BCUT2D eigenvalue weighted by molar-refractivity contribution is -0.114. The summed E-state index contributed by atoms with van der Waals surface area (Å²) >= 11 is 0. The second kappa shape index (κ2) is 8.48. The SMILES string of the molecule is CC(=O)Nc1ccc(C(=O)N/N=C/CCc2ccccc2)cc1. The fourth-order valence-electron chi connectivity index (χ4n) is 2.02. The molecule has 0 bridgehead atoms. The summed E-state index contributed by atoms with van der Waals surface area (Å²) in [6, 6.07) is 16.7. The Morgan fingerprint density at radius 1 is 1.04 bits per heavy atom. The summed E-state index contributed by atoms with van der Waals surface area (Å²) in [7, 11) is 0. The molecule has 118 valence electrons. The third kappa shape index (κ3) is 5.74. The monoisotopic (exact) mass is 309 g/mol. The van der Waals surface area contributed by atoms with Gasteiger partial charge >= 0.3 is 0 Å². The molecule has 0 heterocycles. The average molecular weight is 309 g/mol. The molecule has 0 saturated heterocycles. The molecule has 0 fully saturated rings. The van der Waals surface area contributed by atoms with Crippen LogP contribution in [0.1, 0.15) is 29.3 Å². The minimum atomic E-state index is -0.282. The molecule has 0 aliphatic rings. The molecule has 0 atom stereocenters. The highest BCUT2D eigenvalue weighted by atomic mass is 16.2. The summed E-state index contributed by atoms with van der Waals surface area (Å²) in [6.45, 7) is 1.44. The topological polar surface area (TPSA) is 70.6 Å². The molecule has 0 saturated carbocycles. The molecular weight excluding hydrogens is 290 g/mol. The van der Waals surface area contributed by atoms with Crippen LogP contribution in [0.4, 0.5) is 5.69 Å². The Balaban J connectivity index is 1.77. The summed E-state index contributed by atoms with van der Waals surface area (Å²) in [4.78, 5) is 22.8. The van der Waals surface area contributed by atoms with Gasteiger partial charge in [-0.15, -0.1) is 0 Å². The summed E-state index contributed by atoms with van der Waals surface area (Å²) in [5, 5.41) is 6.59. The molecule has 2 N–H and O–H groups in total. The molecule has 2 rings (SSSR count). The maximum Gasteiger partial charge on any atom is 0.271 e. The van der Waals surface area contributed by atoms with E-state index in [1.165, 1.54) is 12.5 Å². The van der Waals surface area contributed by atoms with Crippen LogP contribution in [0.25, 0.3) is 0 Å². The number of hydrazone groups is 1. The lowest BCUT2D eigenvalue weighted by Crippen LogP contribution is -2.17. The minimum absolute atomic E-state index is 0.148. The van der Waals surface area contributed by atoms with Gasteiger partial charge < -0.3 is 5.32 Å². The van der Waals surface area contributed by atoms with E-state index in [9.17, 15) is 9.59 Å². The highest BCUT2D eigenvalue weighted by Crippen LogP contribution is 2.09. The van der Waals surface area contributed by atoms with Crippen molar-refractivity contribution in [3.05, 3.63) is 65.7 Å². The van der Waals surface area contributed by atoms with Crippen molar-refractivity contribution in [2.45, 2.75) is 19.8 Å². The van der Waals surface area contributed by atoms with E-state index in [4.69, 9.17) is 0 Å². The van der Waals surface area contributed by atoms with Crippen molar-refractivity contribution >= 4 is 23.7 Å². The molecule has 0 aliphatic carbocycles. The second-order valence-corrected chi connectivity index (χ2v) is 5.04. The molecular formula is C18H19N3O2. The van der Waals surface area contributed by atoms with Crippen LogP contribution in [0, 0.1) is 0 Å². The highest BCUT2D eigenvalue weighted by Gasteiger charge is 2.04. The van der Waals surface area contributed by atoms with Crippen LogP contribution in [0.15, 0.2) is 59.7 Å². The number of nitrogens with zero attached hydrogens (tertiary/aromatic N) is 1. The van der Waals surface area contributed by atoms with Gasteiger partial charge in [-0.2, -0.15) is 5.10 Å². The Kier molecular flexibility index (Phi) is 6.06. The first-order valence-electron chi connectivity index (χ1n) is 7.38. The number of carbonyl (C=O) groups excluding carboxylic acids is 2. The zero-order valence-electron chi connectivity index (χ0n) is 13.0. The van der Waals surface area contributed by atoms with Gasteiger partial charge in [0.05, 0.1) is 0 Å². The summed E-state index contributed by atoms with van der Waals surface area (Å²) in [5.41, 5.74) is 4.86. The van der Waals surface area contributed by atoms with Crippen molar-refractivity contribution in [1.29, 1.82) is 0 Å². The Hall–Kier alpha value is -2.95. The minimum Gasteiger partial charge on any atom is -0.326 e. The largest absolute Gasteiger partial charge is 0.326 e. The average Bonchev–Trinajstić information content (AvgIpc) is 2.55. The summed E-state index contributed by atoms with van der Waals surface area (Å²) in [6.07, 6.45) is 3.33. The van der Waals surface area contributed by atoms with E-state index in [1.54, 1.807) is 30.5 Å². The van der Waals surface area contributed by atoms with Crippen LogP contribution in [0.3, 0.4) is 0 Å². The number of amides is 2. The Morgan fingerprint density at radius 2 is 1.74 bits per heavy atom. The summed E-state index contributed by atoms with van der Waals surface area (Å²) < 4.78 is 0. The van der Waals surface area contributed by atoms with Crippen molar-refractivity contribution in [3.8, 4) is 0 Å². The Morgan fingerprint density at radius 3 is 2.39 bits per heavy atom. The van der Waals surface area contributed by atoms with E-state index in [1.807, 2.05) is 18.2 Å². The van der Waals surface area contributed by atoms with E-state index in [-0.39, 0.29) is 11.8 Å². The van der Waals surface area contributed by atoms with E-state index < -0.39 is 0 Å². The van der Waals surface area contributed by atoms with Crippen LogP contribution in [-0.4, -0.2) is 18.0 Å². The fourth-order valence-corrected chi connectivity index (χ4v) is 2.02. The third-order valence-electron chi connectivity index (χ3n) is 3.13. The molecule has 0 spiro atoms. The number of benzene rings is 2. The van der Waals surface area contributed by atoms with E-state index in [0.717, 1.165) is 12.8 Å². The van der Waals surface area contributed by atoms with E-state index in [2.05, 4.69) is 28.0 Å². The number of carbonyl (C=O) groups is 2. The number of anilines is 1. The van der Waals surface area contributed by atoms with Crippen LogP contribution in [0.2, 0.25) is 0 Å².